The monoisotopic (exact) mass is 354 g/mol. The van der Waals surface area contributed by atoms with E-state index in [1.165, 1.54) is 5.57 Å². The third kappa shape index (κ3) is 3.78. The second kappa shape index (κ2) is 7.55. The highest BCUT2D eigenvalue weighted by molar-refractivity contribution is 6.15. The lowest BCUT2D eigenvalue weighted by molar-refractivity contribution is 0.219. The van der Waals surface area contributed by atoms with Gasteiger partial charge in [-0.05, 0) is 25.3 Å². The number of hydrogen-bond acceptors (Lipinski definition) is 5. The van der Waals surface area contributed by atoms with E-state index in [1.807, 2.05) is 13.0 Å². The summed E-state index contributed by atoms with van der Waals surface area (Å²) in [6.07, 6.45) is 7.98. The molecule has 0 bridgehead atoms. The Hall–Kier alpha value is -2.25. The first-order chi connectivity index (χ1) is 12.7. The molecule has 1 aromatic heterocycles. The van der Waals surface area contributed by atoms with Crippen molar-refractivity contribution in [2.75, 3.05) is 26.2 Å². The highest BCUT2D eigenvalue weighted by Gasteiger charge is 2.25. The summed E-state index contributed by atoms with van der Waals surface area (Å²) in [5.74, 6) is 1.62. The first-order valence-electron chi connectivity index (χ1n) is 9.38. The minimum Gasteiger partial charge on any atom is -0.361 e. The van der Waals surface area contributed by atoms with Gasteiger partial charge in [0.25, 0.3) is 0 Å². The van der Waals surface area contributed by atoms with Crippen LogP contribution >= 0.6 is 0 Å². The van der Waals surface area contributed by atoms with E-state index in [0.717, 1.165) is 74.3 Å². The largest absolute Gasteiger partial charge is 0.361 e. The minimum absolute atomic E-state index is 0.338. The number of hydrogen-bond donors (Lipinski definition) is 2. The van der Waals surface area contributed by atoms with Gasteiger partial charge in [0.05, 0.1) is 23.1 Å². The Labute approximate surface area is 153 Å². The zero-order valence-corrected chi connectivity index (χ0v) is 15.2. The zero-order chi connectivity index (χ0) is 17.9. The number of nitrogens with zero attached hydrogens (tertiary/aromatic N) is 4. The highest BCUT2D eigenvalue weighted by atomic mass is 16.5. The molecule has 0 atom stereocenters. The van der Waals surface area contributed by atoms with Crippen molar-refractivity contribution in [3.63, 3.8) is 0 Å². The molecular formula is C19H26N6O. The van der Waals surface area contributed by atoms with Gasteiger partial charge in [0.15, 0.2) is 0 Å². The molecule has 7 nitrogen and oxygen atoms in total. The van der Waals surface area contributed by atoms with Crippen LogP contribution in [0.4, 0.5) is 0 Å². The molecule has 0 saturated carbocycles. The van der Waals surface area contributed by atoms with Crippen molar-refractivity contribution >= 4 is 11.7 Å². The first-order valence-corrected chi connectivity index (χ1v) is 9.38. The molecule has 0 spiro atoms. The Morgan fingerprint density at radius 3 is 2.96 bits per heavy atom. The van der Waals surface area contributed by atoms with Crippen LogP contribution in [0.5, 0.6) is 0 Å². The number of guanidine groups is 1. The van der Waals surface area contributed by atoms with E-state index in [0.29, 0.717) is 12.5 Å². The summed E-state index contributed by atoms with van der Waals surface area (Å²) in [5.41, 5.74) is 9.88. The van der Waals surface area contributed by atoms with E-state index in [2.05, 4.69) is 27.5 Å². The number of likely N-dealkylation sites (tertiary alicyclic amines) is 1. The normalized spacial score (nSPS) is 22.7. The van der Waals surface area contributed by atoms with Crippen LogP contribution in [0, 0.1) is 6.92 Å². The highest BCUT2D eigenvalue weighted by Crippen LogP contribution is 2.23. The Balaban J connectivity index is 1.44. The van der Waals surface area contributed by atoms with Crippen molar-refractivity contribution in [3.05, 3.63) is 40.9 Å². The number of nitrogens with one attached hydrogen (secondary N) is 1. The van der Waals surface area contributed by atoms with E-state index < -0.39 is 0 Å². The Morgan fingerprint density at radius 1 is 1.38 bits per heavy atom. The van der Waals surface area contributed by atoms with Crippen LogP contribution in [-0.4, -0.2) is 53.9 Å². The van der Waals surface area contributed by atoms with Crippen LogP contribution in [0.3, 0.4) is 0 Å². The lowest BCUT2D eigenvalue weighted by Gasteiger charge is -2.29. The summed E-state index contributed by atoms with van der Waals surface area (Å²) >= 11 is 0. The molecule has 26 heavy (non-hydrogen) atoms. The maximum atomic E-state index is 5.64. The Kier molecular flexibility index (Phi) is 4.99. The molecule has 138 valence electrons. The molecule has 1 aromatic rings. The maximum absolute atomic E-state index is 5.64. The standard InChI is InChI=1S/C19H26N6O/c1-13-11-16(26-24-13)12-14-3-2-4-17-18(14)23-19(22-17)21-15-5-8-25(9-6-15)10-7-20/h2-3,11,15H,4-10,12,20H2,1H3,(H,21,23). The molecule has 7 heteroatoms. The second-order valence-electron chi connectivity index (χ2n) is 7.12. The molecular weight excluding hydrogens is 328 g/mol. The summed E-state index contributed by atoms with van der Waals surface area (Å²) < 4.78 is 5.36. The quantitative estimate of drug-likeness (QED) is 0.837. The molecule has 2 aliphatic heterocycles. The number of aliphatic imine (C=N–C) groups is 2. The van der Waals surface area contributed by atoms with E-state index in [4.69, 9.17) is 20.2 Å². The lowest BCUT2D eigenvalue weighted by Crippen LogP contribution is -2.38. The van der Waals surface area contributed by atoms with Crippen LogP contribution in [0.1, 0.15) is 30.7 Å². The van der Waals surface area contributed by atoms with Crippen LogP contribution in [-0.2, 0) is 6.42 Å². The molecule has 0 unspecified atom stereocenters. The second-order valence-corrected chi connectivity index (χ2v) is 7.12. The molecule has 0 radical (unpaired) electrons. The molecule has 1 aliphatic carbocycles. The third-order valence-electron chi connectivity index (χ3n) is 5.07. The summed E-state index contributed by atoms with van der Waals surface area (Å²) in [6.45, 7) is 5.77. The van der Waals surface area contributed by atoms with Gasteiger partial charge in [0, 0.05) is 45.1 Å². The predicted molar refractivity (Wildman–Crippen MR) is 102 cm³/mol. The van der Waals surface area contributed by atoms with Crippen LogP contribution in [0.15, 0.2) is 44.0 Å². The number of aromatic nitrogens is 1. The van der Waals surface area contributed by atoms with E-state index in [1.54, 1.807) is 0 Å². The summed E-state index contributed by atoms with van der Waals surface area (Å²) in [4.78, 5) is 12.0. The summed E-state index contributed by atoms with van der Waals surface area (Å²) in [5, 5.41) is 7.40. The number of fused-ring (bicyclic) bond motifs is 1. The van der Waals surface area contributed by atoms with Crippen LogP contribution < -0.4 is 11.1 Å². The Bertz CT molecular complexity index is 780. The topological polar surface area (TPSA) is 92.0 Å². The van der Waals surface area contributed by atoms with Crippen molar-refractivity contribution in [2.45, 2.75) is 38.6 Å². The van der Waals surface area contributed by atoms with Gasteiger partial charge >= 0.3 is 0 Å². The molecule has 1 fully saturated rings. The van der Waals surface area contributed by atoms with Gasteiger partial charge < -0.3 is 20.5 Å². The molecule has 3 aliphatic rings. The van der Waals surface area contributed by atoms with Gasteiger partial charge in [-0.1, -0.05) is 17.3 Å². The van der Waals surface area contributed by atoms with Gasteiger partial charge in [-0.3, -0.25) is 0 Å². The maximum Gasteiger partial charge on any atom is 0.223 e. The number of aryl methyl sites for hydroxylation is 1. The van der Waals surface area contributed by atoms with E-state index in [9.17, 15) is 0 Å². The number of nitrogens with two attached hydrogens (primary N) is 1. The van der Waals surface area contributed by atoms with Crippen molar-refractivity contribution in [3.8, 4) is 0 Å². The van der Waals surface area contributed by atoms with E-state index in [-0.39, 0.29) is 0 Å². The van der Waals surface area contributed by atoms with E-state index >= 15 is 0 Å². The predicted octanol–water partition coefficient (Wildman–Crippen LogP) is 1.56. The van der Waals surface area contributed by atoms with Gasteiger partial charge in [-0.25, -0.2) is 9.98 Å². The SMILES string of the molecule is Cc1cc(CC2=C3NC(=NC4CCN(CCN)CC4)N=C3CC=C2)on1. The van der Waals surface area contributed by atoms with Crippen LogP contribution in [0.25, 0.3) is 0 Å². The number of piperidine rings is 1. The fourth-order valence-electron chi connectivity index (χ4n) is 3.73. The molecule has 0 aromatic carbocycles. The number of allylic oxidation sites excluding steroid dienone is 4. The third-order valence-corrected chi connectivity index (χ3v) is 5.07. The van der Waals surface area contributed by atoms with Crippen LogP contribution in [0.2, 0.25) is 0 Å². The Morgan fingerprint density at radius 2 is 2.23 bits per heavy atom. The fourth-order valence-corrected chi connectivity index (χ4v) is 3.73. The van der Waals surface area contributed by atoms with Gasteiger partial charge in [-0.2, -0.15) is 0 Å². The van der Waals surface area contributed by atoms with Crippen molar-refractivity contribution in [2.24, 2.45) is 15.7 Å². The number of rotatable bonds is 5. The summed E-state index contributed by atoms with van der Waals surface area (Å²) in [7, 11) is 0. The van der Waals surface area contributed by atoms with Gasteiger partial charge in [-0.15, -0.1) is 0 Å². The van der Waals surface area contributed by atoms with Gasteiger partial charge in [0.2, 0.25) is 5.96 Å². The lowest BCUT2D eigenvalue weighted by atomic mass is 9.98. The average Bonchev–Trinajstić information content (AvgIpc) is 3.23. The molecule has 4 rings (SSSR count). The molecule has 3 heterocycles. The summed E-state index contributed by atoms with van der Waals surface area (Å²) in [6, 6.07) is 2.32. The van der Waals surface area contributed by atoms with Crippen molar-refractivity contribution in [1.82, 2.24) is 15.4 Å². The minimum atomic E-state index is 0.338. The van der Waals surface area contributed by atoms with Crippen molar-refractivity contribution < 1.29 is 4.52 Å². The first kappa shape index (κ1) is 17.2. The fraction of sp³-hybridized carbons (Fsp3) is 0.526. The smallest absolute Gasteiger partial charge is 0.223 e. The van der Waals surface area contributed by atoms with Gasteiger partial charge in [0.1, 0.15) is 5.76 Å². The molecule has 3 N–H and O–H groups in total. The zero-order valence-electron chi connectivity index (χ0n) is 15.2. The molecule has 1 saturated heterocycles. The van der Waals surface area contributed by atoms with Crippen molar-refractivity contribution in [1.29, 1.82) is 0 Å². The molecule has 0 amide bonds. The average molecular weight is 354 g/mol.